The lowest BCUT2D eigenvalue weighted by molar-refractivity contribution is 0.164. The van der Waals surface area contributed by atoms with Gasteiger partial charge in [0.25, 0.3) is 0 Å². The maximum Gasteiger partial charge on any atom is 0.0492 e. The van der Waals surface area contributed by atoms with Crippen molar-refractivity contribution in [1.29, 1.82) is 0 Å². The molecule has 0 aromatic carbocycles. The molecule has 0 heterocycles. The highest BCUT2D eigenvalue weighted by Gasteiger charge is 2.00. The lowest BCUT2D eigenvalue weighted by Crippen LogP contribution is -2.11. The van der Waals surface area contributed by atoms with Crippen LogP contribution in [0.15, 0.2) is 0 Å². The van der Waals surface area contributed by atoms with Crippen LogP contribution < -0.4 is 0 Å². The van der Waals surface area contributed by atoms with E-state index >= 15 is 0 Å². The molecular formula is C4H9ClO2. The van der Waals surface area contributed by atoms with Gasteiger partial charge >= 0.3 is 0 Å². The zero-order chi connectivity index (χ0) is 5.70. The van der Waals surface area contributed by atoms with Gasteiger partial charge in [-0.05, 0) is 0 Å². The average molecular weight is 125 g/mol. The van der Waals surface area contributed by atoms with E-state index in [-0.39, 0.29) is 19.1 Å². The minimum Gasteiger partial charge on any atom is -0.396 e. The van der Waals surface area contributed by atoms with Gasteiger partial charge in [0.1, 0.15) is 0 Å². The Balaban J connectivity index is 2.99. The van der Waals surface area contributed by atoms with Crippen LogP contribution in [0.25, 0.3) is 0 Å². The van der Waals surface area contributed by atoms with Gasteiger partial charge < -0.3 is 10.2 Å². The molecule has 0 saturated carbocycles. The summed E-state index contributed by atoms with van der Waals surface area (Å²) in [5, 5.41) is 16.6. The van der Waals surface area contributed by atoms with Crippen molar-refractivity contribution in [3.63, 3.8) is 0 Å². The molecule has 0 aliphatic carbocycles. The lowest BCUT2D eigenvalue weighted by atomic mass is 10.2. The van der Waals surface area contributed by atoms with E-state index in [0.29, 0.717) is 5.88 Å². The molecule has 2 nitrogen and oxygen atoms in total. The Labute approximate surface area is 47.7 Å². The predicted molar refractivity (Wildman–Crippen MR) is 28.4 cm³/mol. The maximum atomic E-state index is 8.28. The van der Waals surface area contributed by atoms with Gasteiger partial charge in [-0.1, -0.05) is 0 Å². The zero-order valence-corrected chi connectivity index (χ0v) is 4.73. The third kappa shape index (κ3) is 2.85. The third-order valence-corrected chi connectivity index (χ3v) is 1.17. The Morgan fingerprint density at radius 3 is 1.71 bits per heavy atom. The Bertz CT molecular complexity index is 31.2. The second kappa shape index (κ2) is 4.37. The lowest BCUT2D eigenvalue weighted by Gasteiger charge is -2.02. The van der Waals surface area contributed by atoms with Gasteiger partial charge in [0, 0.05) is 25.0 Å². The Hall–Kier alpha value is 0.210. The first-order valence-electron chi connectivity index (χ1n) is 2.12. The molecule has 0 radical (unpaired) electrons. The maximum absolute atomic E-state index is 8.28. The second-order valence-electron chi connectivity index (χ2n) is 1.39. The van der Waals surface area contributed by atoms with Crippen molar-refractivity contribution >= 4 is 11.6 Å². The molecule has 44 valence electrons. The van der Waals surface area contributed by atoms with Crippen molar-refractivity contribution in [3.05, 3.63) is 0 Å². The molecule has 3 heteroatoms. The molecule has 0 spiro atoms. The summed E-state index contributed by atoms with van der Waals surface area (Å²) in [5.74, 6) is 0.189. The average Bonchev–Trinajstić information content (AvgIpc) is 1.72. The summed E-state index contributed by atoms with van der Waals surface area (Å²) in [6.45, 7) is -0.0556. The Morgan fingerprint density at radius 2 is 1.71 bits per heavy atom. The van der Waals surface area contributed by atoms with Crippen molar-refractivity contribution in [2.75, 3.05) is 19.1 Å². The highest BCUT2D eigenvalue weighted by Crippen LogP contribution is 1.94. The van der Waals surface area contributed by atoms with Gasteiger partial charge in [-0.15, -0.1) is 11.6 Å². The molecule has 0 aromatic rings. The van der Waals surface area contributed by atoms with Crippen molar-refractivity contribution in [1.82, 2.24) is 0 Å². The van der Waals surface area contributed by atoms with E-state index in [0.717, 1.165) is 0 Å². The molecule has 0 aromatic heterocycles. The smallest absolute Gasteiger partial charge is 0.0492 e. The van der Waals surface area contributed by atoms with E-state index in [4.69, 9.17) is 21.8 Å². The Kier molecular flexibility index (Phi) is 4.50. The van der Waals surface area contributed by atoms with Crippen LogP contribution in [0, 0.1) is 5.92 Å². The fraction of sp³-hybridized carbons (Fsp3) is 1.00. The molecule has 0 amide bonds. The number of hydrogen-bond donors (Lipinski definition) is 2. The summed E-state index contributed by atoms with van der Waals surface area (Å²) in [4.78, 5) is 0. The SMILES string of the molecule is OCC(CO)CCl. The minimum atomic E-state index is -0.137. The molecule has 0 rings (SSSR count). The number of halogens is 1. The fourth-order valence-corrected chi connectivity index (χ4v) is 0.351. The second-order valence-corrected chi connectivity index (χ2v) is 1.69. The Morgan fingerprint density at radius 1 is 1.29 bits per heavy atom. The molecule has 7 heavy (non-hydrogen) atoms. The molecule has 0 unspecified atom stereocenters. The third-order valence-electron chi connectivity index (χ3n) is 0.735. The van der Waals surface area contributed by atoms with Crippen LogP contribution in [0.4, 0.5) is 0 Å². The molecule has 0 aliphatic heterocycles. The van der Waals surface area contributed by atoms with Crippen LogP contribution >= 0.6 is 11.6 Å². The largest absolute Gasteiger partial charge is 0.396 e. The van der Waals surface area contributed by atoms with Crippen LogP contribution in [0.5, 0.6) is 0 Å². The van der Waals surface area contributed by atoms with E-state index < -0.39 is 0 Å². The van der Waals surface area contributed by atoms with Gasteiger partial charge in [-0.3, -0.25) is 0 Å². The topological polar surface area (TPSA) is 40.5 Å². The highest BCUT2D eigenvalue weighted by molar-refractivity contribution is 6.18. The molecule has 0 fully saturated rings. The van der Waals surface area contributed by atoms with Crippen LogP contribution in [0.2, 0.25) is 0 Å². The van der Waals surface area contributed by atoms with Crippen molar-refractivity contribution < 1.29 is 10.2 Å². The number of rotatable bonds is 3. The standard InChI is InChI=1S/C4H9ClO2/c5-1-4(2-6)3-7/h4,6-7H,1-3H2. The van der Waals surface area contributed by atoms with Gasteiger partial charge in [-0.2, -0.15) is 0 Å². The molecule has 0 atom stereocenters. The molecule has 0 bridgehead atoms. The predicted octanol–water partition coefficient (Wildman–Crippen LogP) is -0.174. The molecule has 0 aliphatic rings. The van der Waals surface area contributed by atoms with Gasteiger partial charge in [0.2, 0.25) is 0 Å². The van der Waals surface area contributed by atoms with Gasteiger partial charge in [0.15, 0.2) is 0 Å². The summed E-state index contributed by atoms with van der Waals surface area (Å²) < 4.78 is 0. The minimum absolute atomic E-state index is 0.0278. The molecular weight excluding hydrogens is 115 g/mol. The number of alkyl halides is 1. The van der Waals surface area contributed by atoms with Crippen molar-refractivity contribution in [2.24, 2.45) is 5.92 Å². The quantitative estimate of drug-likeness (QED) is 0.513. The van der Waals surface area contributed by atoms with Crippen molar-refractivity contribution in [2.45, 2.75) is 0 Å². The first kappa shape index (κ1) is 7.21. The monoisotopic (exact) mass is 124 g/mol. The highest BCUT2D eigenvalue weighted by atomic mass is 35.5. The molecule has 2 N–H and O–H groups in total. The van der Waals surface area contributed by atoms with E-state index in [2.05, 4.69) is 0 Å². The summed E-state index contributed by atoms with van der Waals surface area (Å²) in [5.41, 5.74) is 0. The van der Waals surface area contributed by atoms with Gasteiger partial charge in [-0.25, -0.2) is 0 Å². The van der Waals surface area contributed by atoms with E-state index in [1.54, 1.807) is 0 Å². The number of aliphatic hydroxyl groups excluding tert-OH is 2. The molecule has 0 saturated heterocycles. The summed E-state index contributed by atoms with van der Waals surface area (Å²) in [7, 11) is 0. The summed E-state index contributed by atoms with van der Waals surface area (Å²) >= 11 is 5.25. The first-order chi connectivity index (χ1) is 3.35. The van der Waals surface area contributed by atoms with E-state index in [1.807, 2.05) is 0 Å². The normalized spacial score (nSPS) is 10.3. The van der Waals surface area contributed by atoms with E-state index in [1.165, 1.54) is 0 Å². The van der Waals surface area contributed by atoms with Crippen molar-refractivity contribution in [3.8, 4) is 0 Å². The first-order valence-corrected chi connectivity index (χ1v) is 2.66. The van der Waals surface area contributed by atoms with Gasteiger partial charge in [0.05, 0.1) is 0 Å². The summed E-state index contributed by atoms with van der Waals surface area (Å²) in [6, 6.07) is 0. The van der Waals surface area contributed by atoms with Crippen LogP contribution in [0.3, 0.4) is 0 Å². The number of hydrogen-bond acceptors (Lipinski definition) is 2. The fourth-order valence-electron chi connectivity index (χ4n) is 0.155. The van der Waals surface area contributed by atoms with E-state index in [9.17, 15) is 0 Å². The summed E-state index contributed by atoms with van der Waals surface area (Å²) in [6.07, 6.45) is 0. The van der Waals surface area contributed by atoms with Crippen LogP contribution in [-0.4, -0.2) is 29.3 Å². The zero-order valence-electron chi connectivity index (χ0n) is 3.97. The van der Waals surface area contributed by atoms with Crippen LogP contribution in [0.1, 0.15) is 0 Å². The number of aliphatic hydroxyl groups is 2. The van der Waals surface area contributed by atoms with Crippen LogP contribution in [-0.2, 0) is 0 Å².